The van der Waals surface area contributed by atoms with Crippen LogP contribution >= 0.6 is 0 Å². The zero-order valence-electron chi connectivity index (χ0n) is 37.5. The molecule has 0 amide bonds. The lowest BCUT2D eigenvalue weighted by atomic mass is 9.84. The van der Waals surface area contributed by atoms with E-state index in [1.54, 1.807) is 54.6 Å². The number of hydrogen-bond donors (Lipinski definition) is 10. The van der Waals surface area contributed by atoms with Crippen LogP contribution < -0.4 is 0 Å². The van der Waals surface area contributed by atoms with Gasteiger partial charge >= 0.3 is 0 Å². The van der Waals surface area contributed by atoms with E-state index < -0.39 is 0 Å². The fourth-order valence-corrected chi connectivity index (χ4v) is 8.45. The summed E-state index contributed by atoms with van der Waals surface area (Å²) in [5.41, 5.74) is 2.38. The van der Waals surface area contributed by atoms with E-state index in [9.17, 15) is 30.6 Å². The Labute approximate surface area is 433 Å². The Kier molecular flexibility index (Phi) is 20.8. The zero-order chi connectivity index (χ0) is 48.8. The van der Waals surface area contributed by atoms with Gasteiger partial charge < -0.3 is 51.1 Å². The lowest BCUT2D eigenvalue weighted by Crippen LogP contribution is -2.06. The summed E-state index contributed by atoms with van der Waals surface area (Å²) in [4.78, 5) is 0. The Balaban J connectivity index is 0.000000241. The minimum absolute atomic E-state index is 0. The van der Waals surface area contributed by atoms with Crippen molar-refractivity contribution in [3.8, 4) is 57.5 Å². The molecule has 0 radical (unpaired) electrons. The second-order valence-corrected chi connectivity index (χ2v) is 17.0. The minimum Gasteiger partial charge on any atom is -0.504 e. The van der Waals surface area contributed by atoms with Gasteiger partial charge in [-0.15, -0.1) is 0 Å². The predicted molar refractivity (Wildman–Crippen MR) is 309 cm³/mol. The highest BCUT2D eigenvalue weighted by Gasteiger charge is 2.18. The largest absolute Gasteiger partial charge is 0.504 e. The van der Waals surface area contributed by atoms with Crippen LogP contribution in [0, 0.1) is 0 Å². The van der Waals surface area contributed by atoms with Crippen LogP contribution in [0.2, 0.25) is 0 Å². The van der Waals surface area contributed by atoms with E-state index in [1.165, 1.54) is 30.0 Å². The molecule has 10 N–H and O–H groups in total. The van der Waals surface area contributed by atoms with Crippen molar-refractivity contribution in [1.82, 2.24) is 0 Å². The van der Waals surface area contributed by atoms with E-state index in [0.29, 0.717) is 11.3 Å². The van der Waals surface area contributed by atoms with Crippen molar-refractivity contribution in [2.24, 2.45) is 0 Å². The van der Waals surface area contributed by atoms with E-state index in [-0.39, 0.29) is 94.6 Å². The molecule has 0 spiro atoms. The van der Waals surface area contributed by atoms with Crippen molar-refractivity contribution in [3.63, 3.8) is 0 Å². The van der Waals surface area contributed by atoms with E-state index in [1.807, 2.05) is 121 Å². The fourth-order valence-electron chi connectivity index (χ4n) is 8.45. The van der Waals surface area contributed by atoms with Crippen molar-refractivity contribution in [2.75, 3.05) is 0 Å². The molecule has 0 bridgehead atoms. The van der Waals surface area contributed by atoms with Crippen LogP contribution in [0.5, 0.6) is 57.5 Å². The van der Waals surface area contributed by atoms with Crippen LogP contribution in [0.25, 0.3) is 64.6 Å². The van der Waals surface area contributed by atoms with E-state index >= 15 is 0 Å². The first-order chi connectivity index (χ1) is 33.2. The van der Waals surface area contributed by atoms with Crippen LogP contribution in [0.3, 0.4) is 0 Å². The highest BCUT2D eigenvalue weighted by atomic mass is 16.3. The molecule has 11 aromatic carbocycles. The van der Waals surface area contributed by atoms with Crippen molar-refractivity contribution in [1.29, 1.82) is 0 Å². The molecule has 0 aromatic heterocycles. The van der Waals surface area contributed by atoms with Gasteiger partial charge in [0.25, 0.3) is 0 Å². The molecule has 1 atom stereocenters. The van der Waals surface area contributed by atoms with Gasteiger partial charge in [0.15, 0.2) is 57.5 Å². The molecule has 74 heavy (non-hydrogen) atoms. The molecule has 10 heteroatoms. The summed E-state index contributed by atoms with van der Waals surface area (Å²) in [5, 5.41) is 105. The van der Waals surface area contributed by atoms with Crippen molar-refractivity contribution in [3.05, 3.63) is 193 Å². The molecule has 12 rings (SSSR count). The van der Waals surface area contributed by atoms with Gasteiger partial charge in [0.2, 0.25) is 0 Å². The topological polar surface area (TPSA) is 202 Å². The van der Waals surface area contributed by atoms with Crippen LogP contribution in [-0.4, -0.2) is 51.1 Å². The van der Waals surface area contributed by atoms with Crippen LogP contribution in [0.4, 0.5) is 0 Å². The monoisotopic (exact) mass is 998 g/mol. The van der Waals surface area contributed by atoms with Crippen LogP contribution in [0.1, 0.15) is 73.9 Å². The summed E-state index contributed by atoms with van der Waals surface area (Å²) in [6.45, 7) is 2.16. The molecule has 386 valence electrons. The number of aromatic hydroxyl groups is 10. The van der Waals surface area contributed by atoms with Crippen molar-refractivity contribution < 1.29 is 51.1 Å². The number of benzene rings is 11. The summed E-state index contributed by atoms with van der Waals surface area (Å²) in [6, 6.07) is 55.0. The van der Waals surface area contributed by atoms with Gasteiger partial charge in [-0.1, -0.05) is 147 Å². The fraction of sp³-hybridized carbons (Fsp3) is 0.156. The van der Waals surface area contributed by atoms with Crippen LogP contribution in [0.15, 0.2) is 182 Å². The predicted octanol–water partition coefficient (Wildman–Crippen LogP) is 17.0. The molecular weight excluding hydrogens is 929 g/mol. The Morgan fingerprint density at radius 2 is 0.595 bits per heavy atom. The van der Waals surface area contributed by atoms with Gasteiger partial charge in [-0.3, -0.25) is 0 Å². The summed E-state index contributed by atoms with van der Waals surface area (Å²) in [6.07, 6.45) is 3.38. The van der Waals surface area contributed by atoms with Gasteiger partial charge in [0.05, 0.1) is 0 Å². The normalized spacial score (nSPS) is 11.8. The molecule has 10 nitrogen and oxygen atoms in total. The number of phenols is 10. The van der Waals surface area contributed by atoms with Crippen molar-refractivity contribution >= 4 is 64.6 Å². The lowest BCUT2D eigenvalue weighted by Gasteiger charge is -2.22. The second kappa shape index (κ2) is 25.9. The number of fused-ring (bicyclic) bond motifs is 7. The maximum atomic E-state index is 9.77. The number of aryl methyl sites for hydroxylation is 1. The third kappa shape index (κ3) is 13.5. The molecule has 1 aliphatic rings. The number of rotatable bonds is 0. The van der Waals surface area contributed by atoms with Crippen LogP contribution in [-0.2, 0) is 6.42 Å². The molecule has 11 aromatic rings. The Morgan fingerprint density at radius 1 is 0.297 bits per heavy atom. The zero-order valence-corrected chi connectivity index (χ0v) is 37.5. The lowest BCUT2D eigenvalue weighted by molar-refractivity contribution is 0.400. The van der Waals surface area contributed by atoms with Gasteiger partial charge in [0.1, 0.15) is 0 Å². The third-order valence-electron chi connectivity index (χ3n) is 12.2. The van der Waals surface area contributed by atoms with E-state index in [4.69, 9.17) is 20.4 Å². The average Bonchev–Trinajstić information content (AvgIpc) is 3.34. The standard InChI is InChI=1S/2C14H10O2.C11H14O2.2C10H8O2.5CH4/c15-13-7-11-5-9-3-1-2-4-10(9)6-12(11)8-14(13)16;15-13-6-5-11-7-9-3-1-2-4-10(9)8-12(11)14(13)16;1-7-3-2-4-8-5-10(12)11(13)6-9(7)8;2*11-9-5-7-3-1-2-4-8(7)6-10(9)12;;;;;/h2*1-8,15-16H;5-7,12-13H,2-4H2,1H3;2*1-6,11-12H;5*1H4. The highest BCUT2D eigenvalue weighted by molar-refractivity contribution is 6.02. The Morgan fingerprint density at radius 3 is 0.973 bits per heavy atom. The summed E-state index contributed by atoms with van der Waals surface area (Å²) < 4.78 is 0. The molecule has 0 fully saturated rings. The maximum Gasteiger partial charge on any atom is 0.165 e. The SMILES string of the molecule is C.C.C.C.C.CC1CCCc2cc(O)c(O)cc21.Oc1cc2cc3ccccc3cc2cc1O.Oc1cc2ccccc2cc1O.Oc1cc2ccccc2cc1O.Oc1ccc2cc3ccccc3cc2c1O. The Hall–Kier alpha value is -9.02. The second-order valence-electron chi connectivity index (χ2n) is 17.0. The molecule has 0 aliphatic heterocycles. The maximum absolute atomic E-state index is 9.77. The molecule has 0 saturated heterocycles. The molecule has 0 heterocycles. The third-order valence-corrected chi connectivity index (χ3v) is 12.2. The quantitative estimate of drug-likeness (QED) is 0.0515. The van der Waals surface area contributed by atoms with Crippen molar-refractivity contribution in [2.45, 2.75) is 69.2 Å². The van der Waals surface area contributed by atoms with E-state index in [2.05, 4.69) is 6.92 Å². The number of hydrogen-bond acceptors (Lipinski definition) is 10. The van der Waals surface area contributed by atoms with Gasteiger partial charge in [-0.2, -0.15) is 0 Å². The smallest absolute Gasteiger partial charge is 0.165 e. The molecule has 0 saturated carbocycles. The average molecular weight is 999 g/mol. The molecule has 1 unspecified atom stereocenters. The van der Waals surface area contributed by atoms with Gasteiger partial charge in [0, 0.05) is 5.39 Å². The van der Waals surface area contributed by atoms with Gasteiger partial charge in [-0.25, -0.2) is 0 Å². The van der Waals surface area contributed by atoms with E-state index in [0.717, 1.165) is 65.7 Å². The first-order valence-electron chi connectivity index (χ1n) is 22.3. The first kappa shape index (κ1) is 59.3. The summed E-state index contributed by atoms with van der Waals surface area (Å²) >= 11 is 0. The Bertz CT molecular complexity index is 3400. The van der Waals surface area contributed by atoms with Gasteiger partial charge in [-0.05, 0) is 174 Å². The first-order valence-corrected chi connectivity index (χ1v) is 22.3. The summed E-state index contributed by atoms with van der Waals surface area (Å²) in [7, 11) is 0. The minimum atomic E-state index is -0.0808. The number of phenolic OH excluding ortho intramolecular Hbond substituents is 10. The molecular formula is C64H70O10. The molecule has 1 aliphatic carbocycles. The highest BCUT2D eigenvalue weighted by Crippen LogP contribution is 2.39. The summed E-state index contributed by atoms with van der Waals surface area (Å²) in [5.74, 6) is -0.0722.